The van der Waals surface area contributed by atoms with Gasteiger partial charge in [-0.25, -0.2) is 4.79 Å². The van der Waals surface area contributed by atoms with Crippen LogP contribution in [-0.4, -0.2) is 37.6 Å². The predicted molar refractivity (Wildman–Crippen MR) is 139 cm³/mol. The Bertz CT molecular complexity index is 1220. The van der Waals surface area contributed by atoms with Crippen LogP contribution >= 0.6 is 23.2 Å². The largest absolute Gasteiger partial charge is 0.417 e. The van der Waals surface area contributed by atoms with Gasteiger partial charge in [-0.1, -0.05) is 59.6 Å². The molecular formula is C27H26Cl2F3N3O. The molecule has 0 aliphatic carbocycles. The molecule has 3 aromatic carbocycles. The number of piperidine rings is 1. The van der Waals surface area contributed by atoms with E-state index in [0.29, 0.717) is 11.6 Å². The van der Waals surface area contributed by atoms with Crippen LogP contribution < -0.4 is 10.6 Å². The van der Waals surface area contributed by atoms with Gasteiger partial charge in [0.2, 0.25) is 0 Å². The Labute approximate surface area is 218 Å². The van der Waals surface area contributed by atoms with Crippen LogP contribution in [-0.2, 0) is 11.6 Å². The Morgan fingerprint density at radius 2 is 1.67 bits per heavy atom. The number of nitrogens with zero attached hydrogens (tertiary/aromatic N) is 1. The van der Waals surface area contributed by atoms with Crippen molar-refractivity contribution >= 4 is 34.9 Å². The molecule has 2 N–H and O–H groups in total. The number of hydrogen-bond donors (Lipinski definition) is 2. The van der Waals surface area contributed by atoms with Crippen molar-refractivity contribution in [1.82, 2.24) is 10.2 Å². The summed E-state index contributed by atoms with van der Waals surface area (Å²) in [5.74, 6) is 0. The second-order valence-electron chi connectivity index (χ2n) is 9.17. The molecule has 1 aliphatic heterocycles. The summed E-state index contributed by atoms with van der Waals surface area (Å²) < 4.78 is 39.5. The molecule has 1 fully saturated rings. The first-order chi connectivity index (χ1) is 17.1. The summed E-state index contributed by atoms with van der Waals surface area (Å²) >= 11 is 11.8. The Morgan fingerprint density at radius 1 is 0.972 bits per heavy atom. The minimum Gasteiger partial charge on any atom is -0.337 e. The Hall–Kier alpha value is -2.74. The van der Waals surface area contributed by atoms with Gasteiger partial charge in [0.1, 0.15) is 0 Å². The lowest BCUT2D eigenvalue weighted by molar-refractivity contribution is -0.137. The summed E-state index contributed by atoms with van der Waals surface area (Å²) in [6, 6.07) is 18.6. The molecular weight excluding hydrogens is 510 g/mol. The van der Waals surface area contributed by atoms with E-state index in [-0.39, 0.29) is 11.1 Å². The molecule has 3 aromatic rings. The fourth-order valence-electron chi connectivity index (χ4n) is 4.54. The van der Waals surface area contributed by atoms with Gasteiger partial charge in [-0.2, -0.15) is 13.2 Å². The maximum absolute atomic E-state index is 13.2. The number of hydrogen-bond acceptors (Lipinski definition) is 2. The normalized spacial score (nSPS) is 15.9. The third-order valence-electron chi connectivity index (χ3n) is 6.72. The molecule has 190 valence electrons. The van der Waals surface area contributed by atoms with Crippen LogP contribution in [0.15, 0.2) is 66.7 Å². The van der Waals surface area contributed by atoms with Crippen molar-refractivity contribution in [3.8, 4) is 11.1 Å². The zero-order chi connectivity index (χ0) is 25.9. The molecule has 0 aromatic heterocycles. The van der Waals surface area contributed by atoms with E-state index in [9.17, 15) is 18.0 Å². The van der Waals surface area contributed by atoms with Crippen molar-refractivity contribution < 1.29 is 18.0 Å². The van der Waals surface area contributed by atoms with E-state index in [1.165, 1.54) is 6.07 Å². The molecule has 0 bridgehead atoms. The fraction of sp³-hybridized carbons (Fsp3) is 0.296. The third kappa shape index (κ3) is 6.14. The average molecular weight is 536 g/mol. The van der Waals surface area contributed by atoms with E-state index in [0.717, 1.165) is 54.8 Å². The summed E-state index contributed by atoms with van der Waals surface area (Å²) in [6.07, 6.45) is -2.94. The molecule has 1 aliphatic rings. The molecule has 0 saturated carbocycles. The van der Waals surface area contributed by atoms with E-state index in [2.05, 4.69) is 34.7 Å². The molecule has 4 nitrogen and oxygen atoms in total. The van der Waals surface area contributed by atoms with E-state index in [1.54, 1.807) is 0 Å². The number of anilines is 1. The molecule has 9 heteroatoms. The highest BCUT2D eigenvalue weighted by molar-refractivity contribution is 6.31. The summed E-state index contributed by atoms with van der Waals surface area (Å²) in [6.45, 7) is 2.08. The molecule has 1 heterocycles. The quantitative estimate of drug-likeness (QED) is 0.356. The van der Waals surface area contributed by atoms with Gasteiger partial charge in [-0.15, -0.1) is 0 Å². The number of likely N-dealkylation sites (tertiary alicyclic amines) is 1. The number of benzene rings is 3. The second kappa shape index (κ2) is 10.7. The molecule has 0 spiro atoms. The predicted octanol–water partition coefficient (Wildman–Crippen LogP) is 7.46. The van der Waals surface area contributed by atoms with Crippen LogP contribution in [0.3, 0.4) is 0 Å². The van der Waals surface area contributed by atoms with Gasteiger partial charge in [-0.05, 0) is 80.0 Å². The van der Waals surface area contributed by atoms with Gasteiger partial charge in [0.05, 0.1) is 10.6 Å². The second-order valence-corrected chi connectivity index (χ2v) is 10.0. The highest BCUT2D eigenvalue weighted by Gasteiger charge is 2.36. The van der Waals surface area contributed by atoms with Crippen molar-refractivity contribution in [3.63, 3.8) is 0 Å². The van der Waals surface area contributed by atoms with Crippen molar-refractivity contribution in [2.24, 2.45) is 0 Å². The number of carbonyl (C=O) groups is 1. The first-order valence-corrected chi connectivity index (χ1v) is 12.3. The van der Waals surface area contributed by atoms with Crippen molar-refractivity contribution in [1.29, 1.82) is 0 Å². The minimum absolute atomic E-state index is 0.0209. The van der Waals surface area contributed by atoms with Gasteiger partial charge < -0.3 is 15.5 Å². The van der Waals surface area contributed by atoms with E-state index in [4.69, 9.17) is 23.2 Å². The summed E-state index contributed by atoms with van der Waals surface area (Å²) in [4.78, 5) is 14.9. The SMILES string of the molecule is CN1CCC(CNC(=O)Nc2ccc(Cl)c(C(F)(F)F)c2)(c2ccc(-c3cccc(Cl)c3)cc2)CC1. The summed E-state index contributed by atoms with van der Waals surface area (Å²) in [7, 11) is 2.06. The maximum Gasteiger partial charge on any atom is 0.417 e. The topological polar surface area (TPSA) is 44.4 Å². The Balaban J connectivity index is 1.50. The third-order valence-corrected chi connectivity index (χ3v) is 7.28. The highest BCUT2D eigenvalue weighted by atomic mass is 35.5. The van der Waals surface area contributed by atoms with E-state index >= 15 is 0 Å². The monoisotopic (exact) mass is 535 g/mol. The van der Waals surface area contributed by atoms with Crippen LogP contribution in [0.4, 0.5) is 23.7 Å². The number of halogens is 5. The lowest BCUT2D eigenvalue weighted by atomic mass is 9.72. The molecule has 4 rings (SSSR count). The molecule has 1 saturated heterocycles. The van der Waals surface area contributed by atoms with Crippen LogP contribution in [0, 0.1) is 0 Å². The summed E-state index contributed by atoms with van der Waals surface area (Å²) in [5.41, 5.74) is 1.89. The zero-order valence-corrected chi connectivity index (χ0v) is 21.1. The van der Waals surface area contributed by atoms with Crippen LogP contribution in [0.25, 0.3) is 11.1 Å². The van der Waals surface area contributed by atoms with E-state index in [1.807, 2.05) is 36.4 Å². The number of alkyl halides is 3. The van der Waals surface area contributed by atoms with E-state index < -0.39 is 22.8 Å². The number of rotatable bonds is 5. The first kappa shape index (κ1) is 26.3. The van der Waals surface area contributed by atoms with Gasteiger partial charge in [0, 0.05) is 22.7 Å². The molecule has 0 atom stereocenters. The fourth-order valence-corrected chi connectivity index (χ4v) is 4.96. The Morgan fingerprint density at radius 3 is 2.31 bits per heavy atom. The average Bonchev–Trinajstić information content (AvgIpc) is 2.85. The number of urea groups is 1. The molecule has 0 unspecified atom stereocenters. The standard InChI is InChI=1S/C27H26Cl2F3N3O/c1-35-13-11-26(12-14-35,20-7-5-18(6-8-20)19-3-2-4-21(28)15-19)17-33-25(36)34-22-9-10-24(29)23(16-22)27(30,31)32/h2-10,15-16H,11-14,17H2,1H3,(H2,33,34,36). The molecule has 36 heavy (non-hydrogen) atoms. The van der Waals surface area contributed by atoms with Crippen LogP contribution in [0.1, 0.15) is 24.0 Å². The van der Waals surface area contributed by atoms with Crippen LogP contribution in [0.2, 0.25) is 10.0 Å². The lowest BCUT2D eigenvalue weighted by Gasteiger charge is -2.41. The van der Waals surface area contributed by atoms with Crippen LogP contribution in [0.5, 0.6) is 0 Å². The minimum atomic E-state index is -4.61. The number of carbonyl (C=O) groups excluding carboxylic acids is 1. The number of amides is 2. The Kier molecular flexibility index (Phi) is 7.83. The van der Waals surface area contributed by atoms with Gasteiger partial charge >= 0.3 is 12.2 Å². The zero-order valence-electron chi connectivity index (χ0n) is 19.6. The van der Waals surface area contributed by atoms with Gasteiger partial charge in [0.25, 0.3) is 0 Å². The molecule has 2 amide bonds. The van der Waals surface area contributed by atoms with Crippen molar-refractivity contribution in [2.45, 2.75) is 24.4 Å². The van der Waals surface area contributed by atoms with Gasteiger partial charge in [0.15, 0.2) is 0 Å². The molecule has 0 radical (unpaired) electrons. The highest BCUT2D eigenvalue weighted by Crippen LogP contribution is 2.37. The number of nitrogens with one attached hydrogen (secondary N) is 2. The lowest BCUT2D eigenvalue weighted by Crippen LogP contribution is -2.48. The maximum atomic E-state index is 13.2. The smallest absolute Gasteiger partial charge is 0.337 e. The van der Waals surface area contributed by atoms with Crippen molar-refractivity contribution in [3.05, 3.63) is 87.9 Å². The summed E-state index contributed by atoms with van der Waals surface area (Å²) in [5, 5.41) is 5.64. The van der Waals surface area contributed by atoms with Crippen molar-refractivity contribution in [2.75, 3.05) is 32.0 Å². The van der Waals surface area contributed by atoms with Gasteiger partial charge in [-0.3, -0.25) is 0 Å². The first-order valence-electron chi connectivity index (χ1n) is 11.5.